The van der Waals surface area contributed by atoms with E-state index in [1.165, 1.54) is 13.8 Å². The van der Waals surface area contributed by atoms with Gasteiger partial charge in [0.05, 0.1) is 6.61 Å². The topological polar surface area (TPSA) is 52.3 Å². The SMILES string of the molecule is CCOC(=O)C(N)C(C)(C)F. The number of halogens is 1. The summed E-state index contributed by atoms with van der Waals surface area (Å²) in [6.07, 6.45) is 0. The summed E-state index contributed by atoms with van der Waals surface area (Å²) in [7, 11) is 0. The van der Waals surface area contributed by atoms with Crippen molar-refractivity contribution in [1.82, 2.24) is 0 Å². The Kier molecular flexibility index (Phi) is 3.45. The van der Waals surface area contributed by atoms with Crippen LogP contribution in [0, 0.1) is 0 Å². The molecule has 1 atom stereocenters. The van der Waals surface area contributed by atoms with E-state index in [0.717, 1.165) is 0 Å². The van der Waals surface area contributed by atoms with Gasteiger partial charge in [-0.2, -0.15) is 0 Å². The van der Waals surface area contributed by atoms with Gasteiger partial charge in [-0.15, -0.1) is 0 Å². The number of carbonyl (C=O) groups excluding carboxylic acids is 1. The Balaban J connectivity index is 4.03. The Hall–Kier alpha value is -0.640. The molecule has 0 rings (SSSR count). The Morgan fingerprint density at radius 3 is 2.45 bits per heavy atom. The first-order valence-electron chi connectivity index (χ1n) is 3.50. The lowest BCUT2D eigenvalue weighted by Gasteiger charge is -2.20. The smallest absolute Gasteiger partial charge is 0.326 e. The van der Waals surface area contributed by atoms with E-state index in [2.05, 4.69) is 4.74 Å². The van der Waals surface area contributed by atoms with Crippen LogP contribution in [0.25, 0.3) is 0 Å². The monoisotopic (exact) mass is 163 g/mol. The number of ether oxygens (including phenoxy) is 1. The van der Waals surface area contributed by atoms with E-state index >= 15 is 0 Å². The van der Waals surface area contributed by atoms with Crippen molar-refractivity contribution < 1.29 is 13.9 Å². The van der Waals surface area contributed by atoms with Gasteiger partial charge >= 0.3 is 5.97 Å². The maximum absolute atomic E-state index is 12.9. The molecule has 0 spiro atoms. The van der Waals surface area contributed by atoms with Gasteiger partial charge in [-0.05, 0) is 20.8 Å². The summed E-state index contributed by atoms with van der Waals surface area (Å²) >= 11 is 0. The van der Waals surface area contributed by atoms with Gasteiger partial charge in [0, 0.05) is 0 Å². The molecule has 11 heavy (non-hydrogen) atoms. The zero-order chi connectivity index (χ0) is 9.07. The second-order valence-corrected chi connectivity index (χ2v) is 2.79. The molecule has 66 valence electrons. The molecule has 0 amide bonds. The highest BCUT2D eigenvalue weighted by Crippen LogP contribution is 2.13. The maximum atomic E-state index is 12.9. The quantitative estimate of drug-likeness (QED) is 0.621. The van der Waals surface area contributed by atoms with E-state index in [1.54, 1.807) is 6.92 Å². The molecule has 0 saturated carbocycles. The predicted molar refractivity (Wildman–Crippen MR) is 39.8 cm³/mol. The van der Waals surface area contributed by atoms with Crippen LogP contribution in [0.3, 0.4) is 0 Å². The van der Waals surface area contributed by atoms with Gasteiger partial charge in [0.25, 0.3) is 0 Å². The number of rotatable bonds is 3. The lowest BCUT2D eigenvalue weighted by molar-refractivity contribution is -0.147. The summed E-state index contributed by atoms with van der Waals surface area (Å²) in [4.78, 5) is 10.8. The van der Waals surface area contributed by atoms with Crippen LogP contribution in [0.1, 0.15) is 20.8 Å². The van der Waals surface area contributed by atoms with Gasteiger partial charge in [-0.1, -0.05) is 0 Å². The maximum Gasteiger partial charge on any atom is 0.326 e. The van der Waals surface area contributed by atoms with Crippen LogP contribution in [-0.2, 0) is 9.53 Å². The van der Waals surface area contributed by atoms with Gasteiger partial charge in [0.1, 0.15) is 11.7 Å². The Bertz CT molecular complexity index is 142. The third-order valence-electron chi connectivity index (χ3n) is 1.28. The van der Waals surface area contributed by atoms with Crippen molar-refractivity contribution in [3.63, 3.8) is 0 Å². The second kappa shape index (κ2) is 3.67. The van der Waals surface area contributed by atoms with Crippen molar-refractivity contribution in [2.45, 2.75) is 32.5 Å². The fourth-order valence-corrected chi connectivity index (χ4v) is 0.512. The van der Waals surface area contributed by atoms with Gasteiger partial charge in [0.15, 0.2) is 0 Å². The molecule has 1 unspecified atom stereocenters. The molecule has 0 saturated heterocycles. The van der Waals surface area contributed by atoms with Crippen LogP contribution in [0.2, 0.25) is 0 Å². The minimum Gasteiger partial charge on any atom is -0.465 e. The fraction of sp³-hybridized carbons (Fsp3) is 0.857. The molecule has 3 nitrogen and oxygen atoms in total. The number of hydrogen-bond acceptors (Lipinski definition) is 3. The lowest BCUT2D eigenvalue weighted by atomic mass is 10.0. The first-order valence-corrected chi connectivity index (χ1v) is 3.50. The second-order valence-electron chi connectivity index (χ2n) is 2.79. The summed E-state index contributed by atoms with van der Waals surface area (Å²) in [6, 6.07) is -1.19. The normalized spacial score (nSPS) is 14.3. The Morgan fingerprint density at radius 2 is 2.18 bits per heavy atom. The largest absolute Gasteiger partial charge is 0.465 e. The number of hydrogen-bond donors (Lipinski definition) is 1. The van der Waals surface area contributed by atoms with Gasteiger partial charge < -0.3 is 10.5 Å². The molecule has 4 heteroatoms. The molecule has 0 aromatic carbocycles. The van der Waals surface area contributed by atoms with Crippen LogP contribution in [0.15, 0.2) is 0 Å². The summed E-state index contributed by atoms with van der Waals surface area (Å²) in [5, 5.41) is 0. The van der Waals surface area contributed by atoms with Gasteiger partial charge in [-0.25, -0.2) is 4.39 Å². The molecule has 0 aromatic rings. The van der Waals surface area contributed by atoms with Crippen LogP contribution in [-0.4, -0.2) is 24.3 Å². The van der Waals surface area contributed by atoms with Gasteiger partial charge in [-0.3, -0.25) is 4.79 Å². The highest BCUT2D eigenvalue weighted by atomic mass is 19.1. The molecule has 0 aliphatic carbocycles. The van der Waals surface area contributed by atoms with Crippen molar-refractivity contribution in [2.24, 2.45) is 5.73 Å². The zero-order valence-corrected chi connectivity index (χ0v) is 7.06. The van der Waals surface area contributed by atoms with Crippen molar-refractivity contribution in [2.75, 3.05) is 6.61 Å². The van der Waals surface area contributed by atoms with Crippen molar-refractivity contribution in [1.29, 1.82) is 0 Å². The Labute approximate surface area is 65.7 Å². The van der Waals surface area contributed by atoms with Crippen LogP contribution in [0.5, 0.6) is 0 Å². The van der Waals surface area contributed by atoms with E-state index in [4.69, 9.17) is 5.73 Å². The predicted octanol–water partition coefficient (Wildman–Crippen LogP) is 0.625. The third kappa shape index (κ3) is 3.32. The fourth-order valence-electron chi connectivity index (χ4n) is 0.512. The molecule has 0 aliphatic rings. The van der Waals surface area contributed by atoms with E-state index in [0.29, 0.717) is 0 Å². The van der Waals surface area contributed by atoms with Crippen LogP contribution < -0.4 is 5.73 Å². The third-order valence-corrected chi connectivity index (χ3v) is 1.28. The van der Waals surface area contributed by atoms with Gasteiger partial charge in [0.2, 0.25) is 0 Å². The molecule has 0 aliphatic heterocycles. The standard InChI is InChI=1S/C7H14FNO2/c1-4-11-6(10)5(9)7(2,3)8/h5H,4,9H2,1-3H3. The van der Waals surface area contributed by atoms with Crippen molar-refractivity contribution in [3.05, 3.63) is 0 Å². The molecule has 0 fully saturated rings. The minimum absolute atomic E-state index is 0.225. The highest BCUT2D eigenvalue weighted by Gasteiger charge is 2.32. The number of nitrogens with two attached hydrogens (primary N) is 1. The molecule has 0 aromatic heterocycles. The number of alkyl halides is 1. The number of esters is 1. The average molecular weight is 163 g/mol. The number of carbonyl (C=O) groups is 1. The molecular weight excluding hydrogens is 149 g/mol. The molecule has 2 N–H and O–H groups in total. The average Bonchev–Trinajstić information content (AvgIpc) is 1.85. The minimum atomic E-state index is -1.72. The van der Waals surface area contributed by atoms with E-state index < -0.39 is 17.7 Å². The van der Waals surface area contributed by atoms with Crippen LogP contribution in [0.4, 0.5) is 4.39 Å². The van der Waals surface area contributed by atoms with Crippen molar-refractivity contribution >= 4 is 5.97 Å². The summed E-state index contributed by atoms with van der Waals surface area (Å²) in [5.74, 6) is -0.694. The van der Waals surface area contributed by atoms with E-state index in [-0.39, 0.29) is 6.61 Å². The van der Waals surface area contributed by atoms with E-state index in [9.17, 15) is 9.18 Å². The molecule has 0 radical (unpaired) electrons. The Morgan fingerprint density at radius 1 is 1.73 bits per heavy atom. The molecular formula is C7H14FNO2. The van der Waals surface area contributed by atoms with E-state index in [1.807, 2.05) is 0 Å². The van der Waals surface area contributed by atoms with Crippen LogP contribution >= 0.6 is 0 Å². The van der Waals surface area contributed by atoms with Crippen molar-refractivity contribution in [3.8, 4) is 0 Å². The summed E-state index contributed by atoms with van der Waals surface area (Å²) in [5.41, 5.74) is 3.51. The molecule has 0 heterocycles. The molecule has 0 bridgehead atoms. The first-order chi connectivity index (χ1) is 4.89. The summed E-state index contributed by atoms with van der Waals surface area (Å²) < 4.78 is 17.5. The first kappa shape index (κ1) is 10.4. The zero-order valence-electron chi connectivity index (χ0n) is 7.06. The highest BCUT2D eigenvalue weighted by molar-refractivity contribution is 5.76. The summed E-state index contributed by atoms with van der Waals surface area (Å²) in [6.45, 7) is 4.36. The lowest BCUT2D eigenvalue weighted by Crippen LogP contribution is -2.46.